The molecule has 3 heterocycles. The van der Waals surface area contributed by atoms with Gasteiger partial charge >= 0.3 is 0 Å². The lowest BCUT2D eigenvalue weighted by molar-refractivity contribution is 0.0677. The zero-order chi connectivity index (χ0) is 13.9. The molecule has 0 unspecified atom stereocenters. The summed E-state index contributed by atoms with van der Waals surface area (Å²) in [5.74, 6) is 0.637. The SMILES string of the molecule is Cc1cn[nH]c1C[C@H]1CCCN(C(=O)c2cncs2)C1. The minimum atomic E-state index is 0.124. The third kappa shape index (κ3) is 2.75. The number of aromatic amines is 1. The second kappa shape index (κ2) is 5.75. The van der Waals surface area contributed by atoms with Crippen molar-refractivity contribution in [3.05, 3.63) is 34.0 Å². The van der Waals surface area contributed by atoms with E-state index in [2.05, 4.69) is 22.1 Å². The third-order valence-corrected chi connectivity index (χ3v) is 4.64. The summed E-state index contributed by atoms with van der Waals surface area (Å²) in [5, 5.41) is 7.13. The quantitative estimate of drug-likeness (QED) is 0.943. The fraction of sp³-hybridized carbons (Fsp3) is 0.500. The van der Waals surface area contributed by atoms with Crippen molar-refractivity contribution >= 4 is 17.2 Å². The number of piperidine rings is 1. The van der Waals surface area contributed by atoms with Gasteiger partial charge < -0.3 is 4.90 Å². The van der Waals surface area contributed by atoms with Gasteiger partial charge in [0.1, 0.15) is 4.88 Å². The van der Waals surface area contributed by atoms with Crippen LogP contribution in [0.1, 0.15) is 33.8 Å². The van der Waals surface area contributed by atoms with Gasteiger partial charge in [-0.05, 0) is 37.7 Å². The lowest BCUT2D eigenvalue weighted by Crippen LogP contribution is -2.40. The minimum Gasteiger partial charge on any atom is -0.338 e. The Balaban J connectivity index is 1.65. The zero-order valence-corrected chi connectivity index (χ0v) is 12.3. The predicted octanol–water partition coefficient (Wildman–Crippen LogP) is 2.27. The Morgan fingerprint density at radius 3 is 3.15 bits per heavy atom. The number of aromatic nitrogens is 3. The zero-order valence-electron chi connectivity index (χ0n) is 11.5. The second-order valence-electron chi connectivity index (χ2n) is 5.36. The molecule has 2 aromatic rings. The Kier molecular flexibility index (Phi) is 3.82. The van der Waals surface area contributed by atoms with Crippen LogP contribution >= 0.6 is 11.3 Å². The molecule has 1 N–H and O–H groups in total. The molecule has 0 radical (unpaired) electrons. The summed E-state index contributed by atoms with van der Waals surface area (Å²) in [5.41, 5.74) is 4.11. The van der Waals surface area contributed by atoms with Crippen LogP contribution in [0.5, 0.6) is 0 Å². The van der Waals surface area contributed by atoms with Gasteiger partial charge in [0.25, 0.3) is 5.91 Å². The van der Waals surface area contributed by atoms with E-state index in [0.29, 0.717) is 5.92 Å². The minimum absolute atomic E-state index is 0.124. The molecule has 0 spiro atoms. The molecular formula is C14H18N4OS. The van der Waals surface area contributed by atoms with Gasteiger partial charge in [-0.25, -0.2) is 0 Å². The van der Waals surface area contributed by atoms with Crippen LogP contribution in [-0.4, -0.2) is 39.1 Å². The van der Waals surface area contributed by atoms with E-state index in [4.69, 9.17) is 0 Å². The van der Waals surface area contributed by atoms with Gasteiger partial charge in [0, 0.05) is 18.8 Å². The number of hydrogen-bond acceptors (Lipinski definition) is 4. The number of H-pyrrole nitrogens is 1. The van der Waals surface area contributed by atoms with Crippen LogP contribution in [0.2, 0.25) is 0 Å². The van der Waals surface area contributed by atoms with E-state index in [-0.39, 0.29) is 5.91 Å². The number of thiazole rings is 1. The number of hydrogen-bond donors (Lipinski definition) is 1. The molecule has 1 fully saturated rings. The highest BCUT2D eigenvalue weighted by atomic mass is 32.1. The first-order chi connectivity index (χ1) is 9.74. The smallest absolute Gasteiger partial charge is 0.265 e. The van der Waals surface area contributed by atoms with Crippen molar-refractivity contribution in [2.24, 2.45) is 5.92 Å². The lowest BCUT2D eigenvalue weighted by atomic mass is 9.92. The van der Waals surface area contributed by atoms with Crippen molar-refractivity contribution in [2.45, 2.75) is 26.2 Å². The molecule has 106 valence electrons. The highest BCUT2D eigenvalue weighted by molar-refractivity contribution is 7.11. The van der Waals surface area contributed by atoms with Gasteiger partial charge in [0.05, 0.1) is 17.9 Å². The van der Waals surface area contributed by atoms with Crippen molar-refractivity contribution in [2.75, 3.05) is 13.1 Å². The fourth-order valence-electron chi connectivity index (χ4n) is 2.76. The molecule has 0 aromatic carbocycles. The lowest BCUT2D eigenvalue weighted by Gasteiger charge is -2.32. The topological polar surface area (TPSA) is 61.9 Å². The number of likely N-dealkylation sites (tertiary alicyclic amines) is 1. The Labute approximate surface area is 122 Å². The second-order valence-corrected chi connectivity index (χ2v) is 6.25. The molecule has 5 nitrogen and oxygen atoms in total. The molecule has 1 aliphatic rings. The molecule has 2 aromatic heterocycles. The Morgan fingerprint density at radius 2 is 2.45 bits per heavy atom. The van der Waals surface area contributed by atoms with Crippen molar-refractivity contribution in [3.8, 4) is 0 Å². The molecule has 0 bridgehead atoms. The molecule has 3 rings (SSSR count). The molecule has 20 heavy (non-hydrogen) atoms. The first kappa shape index (κ1) is 13.3. The fourth-order valence-corrected chi connectivity index (χ4v) is 3.35. The van der Waals surface area contributed by atoms with E-state index in [1.807, 2.05) is 11.1 Å². The largest absolute Gasteiger partial charge is 0.338 e. The molecule has 6 heteroatoms. The molecule has 1 saturated heterocycles. The van der Waals surface area contributed by atoms with E-state index in [0.717, 1.165) is 30.8 Å². The highest BCUT2D eigenvalue weighted by Gasteiger charge is 2.25. The van der Waals surface area contributed by atoms with Crippen molar-refractivity contribution in [1.82, 2.24) is 20.1 Å². The molecule has 0 aliphatic carbocycles. The van der Waals surface area contributed by atoms with Crippen molar-refractivity contribution in [3.63, 3.8) is 0 Å². The number of nitrogens with zero attached hydrogens (tertiary/aromatic N) is 3. The summed E-state index contributed by atoms with van der Waals surface area (Å²) >= 11 is 1.42. The maximum atomic E-state index is 12.4. The number of carbonyl (C=O) groups is 1. The monoisotopic (exact) mass is 290 g/mol. The molecule has 0 saturated carbocycles. The van der Waals surface area contributed by atoms with Crippen LogP contribution in [0, 0.1) is 12.8 Å². The maximum absolute atomic E-state index is 12.4. The van der Waals surface area contributed by atoms with Crippen LogP contribution in [0.4, 0.5) is 0 Å². The van der Waals surface area contributed by atoms with Crippen molar-refractivity contribution < 1.29 is 4.79 Å². The van der Waals surface area contributed by atoms with E-state index in [9.17, 15) is 4.79 Å². The predicted molar refractivity (Wildman–Crippen MR) is 77.8 cm³/mol. The first-order valence-electron chi connectivity index (χ1n) is 6.90. The van der Waals surface area contributed by atoms with E-state index >= 15 is 0 Å². The van der Waals surface area contributed by atoms with E-state index in [1.165, 1.54) is 29.0 Å². The van der Waals surface area contributed by atoms with Crippen LogP contribution in [-0.2, 0) is 6.42 Å². The van der Waals surface area contributed by atoms with E-state index in [1.54, 1.807) is 11.7 Å². The highest BCUT2D eigenvalue weighted by Crippen LogP contribution is 2.23. The maximum Gasteiger partial charge on any atom is 0.265 e. The molecular weight excluding hydrogens is 272 g/mol. The van der Waals surface area contributed by atoms with E-state index < -0.39 is 0 Å². The van der Waals surface area contributed by atoms with Crippen LogP contribution < -0.4 is 0 Å². The summed E-state index contributed by atoms with van der Waals surface area (Å²) in [7, 11) is 0. The van der Waals surface area contributed by atoms with Crippen molar-refractivity contribution in [1.29, 1.82) is 0 Å². The average Bonchev–Trinajstić information content (AvgIpc) is 3.11. The Hall–Kier alpha value is -1.69. The molecule has 1 aliphatic heterocycles. The number of amides is 1. The molecule has 1 amide bonds. The van der Waals surface area contributed by atoms with Gasteiger partial charge in [0.15, 0.2) is 0 Å². The Morgan fingerprint density at radius 1 is 1.55 bits per heavy atom. The summed E-state index contributed by atoms with van der Waals surface area (Å²) in [4.78, 5) is 19.0. The standard InChI is InChI=1S/C14H18N4OS/c1-10-6-16-17-12(10)5-11-3-2-4-18(8-11)14(19)13-7-15-9-20-13/h6-7,9,11H,2-5,8H2,1H3,(H,16,17)/t11-/m1/s1. The van der Waals surface area contributed by atoms with Gasteiger partial charge in [-0.2, -0.15) is 5.10 Å². The Bertz CT molecular complexity index is 578. The average molecular weight is 290 g/mol. The summed E-state index contributed by atoms with van der Waals surface area (Å²) < 4.78 is 0. The van der Waals surface area contributed by atoms with Crippen LogP contribution in [0.15, 0.2) is 17.9 Å². The van der Waals surface area contributed by atoms with Gasteiger partial charge in [-0.1, -0.05) is 0 Å². The number of nitrogens with one attached hydrogen (secondary N) is 1. The molecule has 1 atom stereocenters. The third-order valence-electron chi connectivity index (χ3n) is 3.88. The number of carbonyl (C=O) groups excluding carboxylic acids is 1. The first-order valence-corrected chi connectivity index (χ1v) is 7.78. The summed E-state index contributed by atoms with van der Waals surface area (Å²) in [6, 6.07) is 0. The van der Waals surface area contributed by atoms with Crippen LogP contribution in [0.3, 0.4) is 0 Å². The normalized spacial score (nSPS) is 19.2. The van der Waals surface area contributed by atoms with Crippen LogP contribution in [0.25, 0.3) is 0 Å². The number of rotatable bonds is 3. The summed E-state index contributed by atoms with van der Waals surface area (Å²) in [6.07, 6.45) is 6.74. The summed E-state index contributed by atoms with van der Waals surface area (Å²) in [6.45, 7) is 3.76. The van der Waals surface area contributed by atoms with Gasteiger partial charge in [-0.3, -0.25) is 14.9 Å². The van der Waals surface area contributed by atoms with Gasteiger partial charge in [0.2, 0.25) is 0 Å². The number of aryl methyl sites for hydroxylation is 1. The van der Waals surface area contributed by atoms with Gasteiger partial charge in [-0.15, -0.1) is 11.3 Å².